The highest BCUT2D eigenvalue weighted by Crippen LogP contribution is 2.47. The quantitative estimate of drug-likeness (QED) is 0.0176. The van der Waals surface area contributed by atoms with Crippen LogP contribution in [0.1, 0.15) is 118 Å². The number of imide groups is 2. The van der Waals surface area contributed by atoms with Crippen molar-refractivity contribution in [3.63, 3.8) is 0 Å². The van der Waals surface area contributed by atoms with Gasteiger partial charge in [0.1, 0.15) is 11.5 Å². The summed E-state index contributed by atoms with van der Waals surface area (Å²) in [5, 5.41) is 6.35. The van der Waals surface area contributed by atoms with Crippen LogP contribution >= 0.6 is 0 Å². The molecule has 0 saturated carbocycles. The van der Waals surface area contributed by atoms with Crippen molar-refractivity contribution in [3.05, 3.63) is 119 Å². The van der Waals surface area contributed by atoms with E-state index in [1.807, 2.05) is 97.1 Å². The number of nitrogens with zero attached hydrogens (tertiary/aromatic N) is 2. The van der Waals surface area contributed by atoms with Crippen LogP contribution in [0, 0.1) is 0 Å². The minimum absolute atomic E-state index is 0.146. The molecule has 388 valence electrons. The van der Waals surface area contributed by atoms with Crippen molar-refractivity contribution in [2.45, 2.75) is 166 Å². The molecule has 7 aromatic rings. The number of benzene rings is 7. The fourth-order valence-electron chi connectivity index (χ4n) is 11.7. The van der Waals surface area contributed by atoms with Gasteiger partial charge in [-0.3, -0.25) is 19.2 Å². The first-order chi connectivity index (χ1) is 35.7. The van der Waals surface area contributed by atoms with Crippen LogP contribution in [0.5, 0.6) is 11.5 Å². The fraction of sp³-hybridized carbons (Fsp3) is 0.419. The number of carbonyl (C=O) groups is 4. The normalized spacial score (nSPS) is 14.0. The molecule has 74 heavy (non-hydrogen) atoms. The van der Waals surface area contributed by atoms with Crippen molar-refractivity contribution in [1.29, 1.82) is 0 Å². The van der Waals surface area contributed by atoms with Crippen molar-refractivity contribution in [2.75, 3.05) is 9.80 Å². The van der Waals surface area contributed by atoms with E-state index in [0.29, 0.717) is 44.4 Å². The van der Waals surface area contributed by atoms with Gasteiger partial charge in [-0.1, -0.05) is 152 Å². The summed E-state index contributed by atoms with van der Waals surface area (Å²) >= 11 is 0. The Morgan fingerprint density at radius 1 is 0.338 bits per heavy atom. The third-order valence-corrected chi connectivity index (χ3v) is 21.9. The molecule has 0 radical (unpaired) electrons. The number of rotatable bonds is 26. The fourth-order valence-corrected chi connectivity index (χ4v) is 16.1. The molecule has 0 aromatic heterocycles. The molecule has 2 aliphatic rings. The maximum absolute atomic E-state index is 14.6. The van der Waals surface area contributed by atoms with Gasteiger partial charge in [-0.05, 0) is 131 Å². The molecule has 4 amide bonds. The van der Waals surface area contributed by atoms with Crippen LogP contribution in [0.4, 0.5) is 11.4 Å². The molecule has 2 aliphatic heterocycles. The lowest BCUT2D eigenvalue weighted by atomic mass is 9.82. The van der Waals surface area contributed by atoms with E-state index in [2.05, 4.69) is 52.4 Å². The molecule has 8 nitrogen and oxygen atoms in total. The van der Waals surface area contributed by atoms with E-state index < -0.39 is 35.2 Å². The van der Waals surface area contributed by atoms with Crippen LogP contribution < -0.4 is 19.3 Å². The van der Waals surface area contributed by atoms with Crippen LogP contribution in [0.3, 0.4) is 0 Å². The summed E-state index contributed by atoms with van der Waals surface area (Å²) in [5.74, 6) is 0.0344. The number of amides is 4. The first-order valence-corrected chi connectivity index (χ1v) is 40.7. The summed E-state index contributed by atoms with van der Waals surface area (Å²) in [6.07, 6.45) is 14.2. The number of unbranched alkanes of at least 4 members (excludes halogenated alkanes) is 4. The van der Waals surface area contributed by atoms with Crippen LogP contribution in [0.25, 0.3) is 43.1 Å². The summed E-state index contributed by atoms with van der Waals surface area (Å²) in [7, 11) is -2.32. The highest BCUT2D eigenvalue weighted by Gasteiger charge is 2.38. The first kappa shape index (κ1) is 53.4. The molecule has 7 aromatic carbocycles. The lowest BCUT2D eigenvalue weighted by Crippen LogP contribution is -2.40. The molecule has 0 aliphatic carbocycles. The first-order valence-electron chi connectivity index (χ1n) is 28.2. The number of carbonyl (C=O) groups excluding carboxylic acids is 4. The summed E-state index contributed by atoms with van der Waals surface area (Å²) in [6, 6.07) is 35.5. The van der Waals surface area contributed by atoms with E-state index in [1.54, 1.807) is 0 Å². The van der Waals surface area contributed by atoms with Crippen LogP contribution in [-0.2, 0) is 0 Å². The zero-order valence-corrected chi connectivity index (χ0v) is 50.0. The zero-order valence-electron chi connectivity index (χ0n) is 45.4. The van der Waals surface area contributed by atoms with Gasteiger partial charge in [-0.15, -0.1) is 0 Å². The van der Waals surface area contributed by atoms with Gasteiger partial charge in [0.2, 0.25) is 0 Å². The standard InChI is InChI=1S/C62H78N2O6Si4/c1-71(2)37-13-9-17-43(18-10-14-38-72(3)4)69-45-25-21-41(22-26-45)63-59(65)51-33-29-47-49-31-35-53-58-54(36-32-50(56(49)58)48-30-34-52(60(63)66)57(51)55(47)48)62(68)64(61(53)67)42-23-27-46(28-24-42)70-44(19-11-15-39-73(5)6)20-12-16-40-74(7)8/h21-36,43-44,71-74H,9-20,37-40H2,1-8H3. The molecule has 0 atom stereocenters. The maximum Gasteiger partial charge on any atom is 0.265 e. The minimum atomic E-state index is -0.581. The summed E-state index contributed by atoms with van der Waals surface area (Å²) in [5.41, 5.74) is 2.85. The van der Waals surface area contributed by atoms with Crippen molar-refractivity contribution in [3.8, 4) is 11.5 Å². The van der Waals surface area contributed by atoms with E-state index in [0.717, 1.165) is 69.5 Å². The third kappa shape index (κ3) is 11.4. The summed E-state index contributed by atoms with van der Waals surface area (Å²) in [6.45, 7) is 19.3. The third-order valence-electron chi connectivity index (χ3n) is 15.7. The van der Waals surface area contributed by atoms with Gasteiger partial charge in [-0.25, -0.2) is 9.80 Å². The molecule has 12 heteroatoms. The monoisotopic (exact) mass is 1060 g/mol. The largest absolute Gasteiger partial charge is 0.490 e. The smallest absolute Gasteiger partial charge is 0.265 e. The van der Waals surface area contributed by atoms with Gasteiger partial charge in [0.15, 0.2) is 0 Å². The summed E-state index contributed by atoms with van der Waals surface area (Å²) < 4.78 is 13.3. The van der Waals surface area contributed by atoms with E-state index in [9.17, 15) is 19.2 Å². The maximum atomic E-state index is 14.6. The predicted octanol–water partition coefficient (Wildman–Crippen LogP) is 15.5. The number of fused-ring (bicyclic) bond motifs is 2. The Hall–Kier alpha value is -5.41. The van der Waals surface area contributed by atoms with E-state index in [4.69, 9.17) is 9.47 Å². The average molecular weight is 1060 g/mol. The van der Waals surface area contributed by atoms with E-state index >= 15 is 0 Å². The Labute approximate surface area is 445 Å². The highest BCUT2D eigenvalue weighted by molar-refractivity contribution is 6.56. The topological polar surface area (TPSA) is 93.2 Å². The Balaban J connectivity index is 0.959. The number of hydrogen-bond acceptors (Lipinski definition) is 6. The van der Waals surface area contributed by atoms with Gasteiger partial charge in [-0.2, -0.15) is 0 Å². The van der Waals surface area contributed by atoms with Crippen molar-refractivity contribution in [2.24, 2.45) is 0 Å². The van der Waals surface area contributed by atoms with E-state index in [-0.39, 0.29) is 35.8 Å². The minimum Gasteiger partial charge on any atom is -0.490 e. The molecule has 0 bridgehead atoms. The highest BCUT2D eigenvalue weighted by atomic mass is 28.3. The van der Waals surface area contributed by atoms with E-state index in [1.165, 1.54) is 85.3 Å². The summed E-state index contributed by atoms with van der Waals surface area (Å²) in [4.78, 5) is 60.9. The van der Waals surface area contributed by atoms with Crippen LogP contribution in [0.15, 0.2) is 97.1 Å². The zero-order chi connectivity index (χ0) is 52.2. The van der Waals surface area contributed by atoms with Gasteiger partial charge >= 0.3 is 0 Å². The molecular formula is C62H78N2O6Si4. The van der Waals surface area contributed by atoms with Crippen LogP contribution in [-0.4, -0.2) is 71.0 Å². The molecule has 0 fully saturated rings. The van der Waals surface area contributed by atoms with Crippen molar-refractivity contribution in [1.82, 2.24) is 0 Å². The van der Waals surface area contributed by atoms with Crippen LogP contribution in [0.2, 0.25) is 76.6 Å². The predicted molar refractivity (Wildman–Crippen MR) is 322 cm³/mol. The average Bonchev–Trinajstić information content (AvgIpc) is 3.37. The number of anilines is 2. The molecular weight excluding hydrogens is 981 g/mol. The number of hydrogen-bond donors (Lipinski definition) is 0. The molecule has 9 rings (SSSR count). The van der Waals surface area contributed by atoms with Gasteiger partial charge in [0, 0.05) is 68.2 Å². The van der Waals surface area contributed by atoms with Gasteiger partial charge < -0.3 is 9.47 Å². The second-order valence-electron chi connectivity index (χ2n) is 23.2. The van der Waals surface area contributed by atoms with Gasteiger partial charge in [0.25, 0.3) is 23.6 Å². The molecule has 0 N–H and O–H groups in total. The molecule has 0 spiro atoms. The molecule has 0 saturated heterocycles. The van der Waals surface area contributed by atoms with Crippen molar-refractivity contribution >= 4 is 113 Å². The SMILES string of the molecule is C[SiH](C)CCCCC(CCCC[SiH](C)C)Oc1ccc(N2C(=O)c3ccc4c5ccc6c7c(ccc(c8ccc(c3c48)C2=O)c75)C(=O)N(c2ccc(OC(CCCC[SiH](C)C)CCCC[SiH](C)C)cc2)C6=O)cc1. The van der Waals surface area contributed by atoms with Gasteiger partial charge in [0.05, 0.1) is 23.6 Å². The second-order valence-corrected chi connectivity index (χ2v) is 36.7. The Morgan fingerprint density at radius 3 is 0.838 bits per heavy atom. The molecule has 2 heterocycles. The van der Waals surface area contributed by atoms with Crippen molar-refractivity contribution < 1.29 is 28.7 Å². The lowest BCUT2D eigenvalue weighted by molar-refractivity contribution is 0.0877. The lowest BCUT2D eigenvalue weighted by Gasteiger charge is -2.30. The second kappa shape index (κ2) is 23.6. The number of ether oxygens (including phenoxy) is 2. The molecule has 0 unspecified atom stereocenters. The Kier molecular flexibility index (Phi) is 17.1. The Morgan fingerprint density at radius 2 is 0.595 bits per heavy atom. The Bertz CT molecular complexity index is 2790.